The third-order valence-electron chi connectivity index (χ3n) is 4.40. The Kier molecular flexibility index (Phi) is 5.95. The number of aliphatic hydroxyl groups excluding tert-OH is 1. The number of alkyl halides is 3. The molecule has 0 unspecified atom stereocenters. The first kappa shape index (κ1) is 21.9. The predicted octanol–water partition coefficient (Wildman–Crippen LogP) is 3.18. The highest BCUT2D eigenvalue weighted by Crippen LogP contribution is 2.28. The average Bonchev–Trinajstić information content (AvgIpc) is 2.95. The average molecular weight is 443 g/mol. The molecule has 3 aromatic rings. The van der Waals surface area contributed by atoms with Crippen molar-refractivity contribution in [3.63, 3.8) is 0 Å². The smallest absolute Gasteiger partial charge is 0.406 e. The Bertz CT molecular complexity index is 1140. The molecule has 2 heterocycles. The van der Waals surface area contributed by atoms with Crippen LogP contribution in [-0.4, -0.2) is 41.6 Å². The van der Waals surface area contributed by atoms with Gasteiger partial charge in [0, 0.05) is 6.20 Å². The van der Waals surface area contributed by atoms with E-state index in [0.717, 1.165) is 22.0 Å². The van der Waals surface area contributed by atoms with E-state index < -0.39 is 34.5 Å². The Morgan fingerprint density at radius 2 is 1.83 bits per heavy atom. The summed E-state index contributed by atoms with van der Waals surface area (Å²) in [6.07, 6.45) is -3.04. The molecule has 1 N–H and O–H groups in total. The van der Waals surface area contributed by atoms with Gasteiger partial charge in [0.25, 0.3) is 0 Å². The highest BCUT2D eigenvalue weighted by atomic mass is 32.2. The summed E-state index contributed by atoms with van der Waals surface area (Å²) in [6.45, 7) is 2.85. The van der Waals surface area contributed by atoms with Gasteiger partial charge in [0.15, 0.2) is 5.82 Å². The summed E-state index contributed by atoms with van der Waals surface area (Å²) >= 11 is 0. The second kappa shape index (κ2) is 8.15. The van der Waals surface area contributed by atoms with E-state index in [0.29, 0.717) is 16.9 Å². The van der Waals surface area contributed by atoms with Crippen molar-refractivity contribution >= 4 is 21.5 Å². The predicted molar refractivity (Wildman–Crippen MR) is 105 cm³/mol. The maximum Gasteiger partial charge on any atom is 0.573 e. The molecular formula is C19H20F3N3O4S. The number of aryl methyl sites for hydroxylation is 2. The fraction of sp³-hybridized carbons (Fsp3) is 0.316. The number of imidazole rings is 1. The zero-order chi connectivity index (χ0) is 22.1. The Balaban J connectivity index is 2.00. The maximum absolute atomic E-state index is 12.8. The van der Waals surface area contributed by atoms with E-state index >= 15 is 0 Å². The van der Waals surface area contributed by atoms with Crippen LogP contribution in [-0.2, 0) is 16.6 Å². The Hall–Kier alpha value is -2.79. The van der Waals surface area contributed by atoms with Gasteiger partial charge < -0.3 is 14.2 Å². The normalized spacial score (nSPS) is 12.3. The Morgan fingerprint density at radius 3 is 2.43 bits per heavy atom. The van der Waals surface area contributed by atoms with Crippen molar-refractivity contribution in [3.8, 4) is 5.75 Å². The van der Waals surface area contributed by atoms with Crippen molar-refractivity contribution in [2.45, 2.75) is 26.8 Å². The molecule has 0 bridgehead atoms. The van der Waals surface area contributed by atoms with E-state index in [1.807, 2.05) is 13.0 Å². The monoisotopic (exact) mass is 443 g/mol. The zero-order valence-corrected chi connectivity index (χ0v) is 17.0. The quantitative estimate of drug-likeness (QED) is 0.607. The van der Waals surface area contributed by atoms with E-state index in [4.69, 9.17) is 0 Å². The minimum absolute atomic E-state index is 0.168. The number of nitrogens with zero attached hydrogens (tertiary/aromatic N) is 3. The Labute approximate surface area is 171 Å². The summed E-state index contributed by atoms with van der Waals surface area (Å²) < 4.78 is 69.3. The van der Waals surface area contributed by atoms with E-state index in [1.54, 1.807) is 23.6 Å². The van der Waals surface area contributed by atoms with Gasteiger partial charge >= 0.3 is 6.36 Å². The lowest BCUT2D eigenvalue weighted by Crippen LogP contribution is -2.34. The first-order chi connectivity index (χ1) is 14.0. The van der Waals surface area contributed by atoms with Gasteiger partial charge in [-0.05, 0) is 49.2 Å². The third-order valence-corrected chi connectivity index (χ3v) is 6.07. The number of aliphatic hydroxyl groups is 1. The fourth-order valence-corrected chi connectivity index (χ4v) is 4.22. The number of anilines is 1. The van der Waals surface area contributed by atoms with Crippen LogP contribution in [0, 0.1) is 13.8 Å². The van der Waals surface area contributed by atoms with Crippen LogP contribution in [0.4, 0.5) is 19.0 Å². The first-order valence-electron chi connectivity index (χ1n) is 8.91. The first-order valence-corrected chi connectivity index (χ1v) is 10.5. The van der Waals surface area contributed by atoms with E-state index in [-0.39, 0.29) is 12.4 Å². The van der Waals surface area contributed by atoms with Crippen molar-refractivity contribution in [3.05, 3.63) is 59.4 Å². The summed E-state index contributed by atoms with van der Waals surface area (Å²) in [5, 5.41) is 9.20. The van der Waals surface area contributed by atoms with Crippen LogP contribution in [0.25, 0.3) is 5.65 Å². The van der Waals surface area contributed by atoms with Crippen LogP contribution in [0.2, 0.25) is 0 Å². The molecular weight excluding hydrogens is 423 g/mol. The van der Waals surface area contributed by atoms with Gasteiger partial charge in [0.2, 0.25) is 10.0 Å². The topological polar surface area (TPSA) is 84.1 Å². The minimum Gasteiger partial charge on any atom is -0.406 e. The SMILES string of the molecule is Cc1ccn2c(C)c(N(Cc3ccc(OC(F)(F)F)cc3)S(=O)(=O)CCO)nc2c1. The van der Waals surface area contributed by atoms with Gasteiger partial charge in [0.05, 0.1) is 24.6 Å². The lowest BCUT2D eigenvalue weighted by molar-refractivity contribution is -0.274. The van der Waals surface area contributed by atoms with Crippen molar-refractivity contribution in [1.29, 1.82) is 0 Å². The number of benzene rings is 1. The molecule has 0 aliphatic heterocycles. The maximum atomic E-state index is 12.8. The van der Waals surface area contributed by atoms with Crippen LogP contribution in [0.1, 0.15) is 16.8 Å². The molecule has 7 nitrogen and oxygen atoms in total. The molecule has 0 radical (unpaired) electrons. The molecule has 0 fully saturated rings. The van der Waals surface area contributed by atoms with Gasteiger partial charge in [-0.15, -0.1) is 13.2 Å². The number of rotatable bonds is 7. The number of halogens is 3. The van der Waals surface area contributed by atoms with E-state index in [1.165, 1.54) is 12.1 Å². The molecule has 0 spiro atoms. The van der Waals surface area contributed by atoms with Crippen LogP contribution in [0.15, 0.2) is 42.6 Å². The van der Waals surface area contributed by atoms with Crippen molar-refractivity contribution in [2.75, 3.05) is 16.7 Å². The largest absolute Gasteiger partial charge is 0.573 e. The molecule has 0 atom stereocenters. The molecule has 11 heteroatoms. The van der Waals surface area contributed by atoms with Gasteiger partial charge in [-0.25, -0.2) is 17.7 Å². The minimum atomic E-state index is -4.82. The summed E-state index contributed by atoms with van der Waals surface area (Å²) in [6, 6.07) is 8.57. The van der Waals surface area contributed by atoms with E-state index in [9.17, 15) is 26.7 Å². The highest BCUT2D eigenvalue weighted by Gasteiger charge is 2.31. The summed E-state index contributed by atoms with van der Waals surface area (Å²) in [5.74, 6) is -0.741. The molecule has 0 saturated carbocycles. The van der Waals surface area contributed by atoms with Crippen molar-refractivity contribution in [2.24, 2.45) is 0 Å². The number of fused-ring (bicyclic) bond motifs is 1. The molecule has 162 valence electrons. The molecule has 0 amide bonds. The molecule has 0 aliphatic carbocycles. The molecule has 2 aromatic heterocycles. The standard InChI is InChI=1S/C19H20F3N3O4S/c1-13-7-8-24-14(2)18(23-17(24)11-13)25(30(27,28)10-9-26)12-15-3-5-16(6-4-15)29-19(20,21)22/h3-8,11,26H,9-10,12H2,1-2H3. The lowest BCUT2D eigenvalue weighted by Gasteiger charge is -2.23. The number of hydrogen-bond donors (Lipinski definition) is 1. The van der Waals surface area contributed by atoms with Crippen molar-refractivity contribution in [1.82, 2.24) is 9.38 Å². The van der Waals surface area contributed by atoms with Gasteiger partial charge in [-0.3, -0.25) is 0 Å². The molecule has 3 rings (SSSR count). The van der Waals surface area contributed by atoms with Crippen LogP contribution in [0.3, 0.4) is 0 Å². The fourth-order valence-electron chi connectivity index (χ4n) is 2.99. The highest BCUT2D eigenvalue weighted by molar-refractivity contribution is 7.92. The number of hydrogen-bond acceptors (Lipinski definition) is 5. The summed E-state index contributed by atoms with van der Waals surface area (Å²) in [7, 11) is -3.95. The third kappa shape index (κ3) is 4.85. The van der Waals surface area contributed by atoms with Gasteiger partial charge in [0.1, 0.15) is 11.4 Å². The van der Waals surface area contributed by atoms with Gasteiger partial charge in [-0.2, -0.15) is 0 Å². The van der Waals surface area contributed by atoms with Crippen LogP contribution < -0.4 is 9.04 Å². The lowest BCUT2D eigenvalue weighted by atomic mass is 10.2. The number of pyridine rings is 1. The van der Waals surface area contributed by atoms with Crippen LogP contribution >= 0.6 is 0 Å². The van der Waals surface area contributed by atoms with Crippen molar-refractivity contribution < 1.29 is 31.4 Å². The molecule has 0 aliphatic rings. The van der Waals surface area contributed by atoms with Gasteiger partial charge in [-0.1, -0.05) is 12.1 Å². The molecule has 1 aromatic carbocycles. The Morgan fingerprint density at radius 1 is 1.17 bits per heavy atom. The summed E-state index contributed by atoms with van der Waals surface area (Å²) in [4.78, 5) is 4.44. The second-order valence-electron chi connectivity index (χ2n) is 6.69. The molecule has 30 heavy (non-hydrogen) atoms. The van der Waals surface area contributed by atoms with E-state index in [2.05, 4.69) is 9.72 Å². The number of aromatic nitrogens is 2. The number of ether oxygens (including phenoxy) is 1. The summed E-state index contributed by atoms with van der Waals surface area (Å²) in [5.41, 5.74) is 2.51. The molecule has 0 saturated heterocycles. The zero-order valence-electron chi connectivity index (χ0n) is 16.2. The number of sulfonamides is 1. The second-order valence-corrected chi connectivity index (χ2v) is 8.70. The van der Waals surface area contributed by atoms with Crippen LogP contribution in [0.5, 0.6) is 5.75 Å².